The number of nitrogens with zero attached hydrogens (tertiary/aromatic N) is 2. The first-order chi connectivity index (χ1) is 14.8. The minimum atomic E-state index is -0.465. The van der Waals surface area contributed by atoms with E-state index in [4.69, 9.17) is 20.5 Å². The number of anilines is 1. The number of fused-ring (bicyclic) bond motifs is 1. The number of benzene rings is 1. The summed E-state index contributed by atoms with van der Waals surface area (Å²) in [7, 11) is 0. The van der Waals surface area contributed by atoms with E-state index in [0.29, 0.717) is 33.1 Å². The summed E-state index contributed by atoms with van der Waals surface area (Å²) >= 11 is 6.12. The van der Waals surface area contributed by atoms with Gasteiger partial charge in [0.2, 0.25) is 0 Å². The number of aryl methyl sites for hydroxylation is 1. The van der Waals surface area contributed by atoms with Gasteiger partial charge in [-0.25, -0.2) is 4.98 Å². The molecule has 3 heterocycles. The zero-order valence-corrected chi connectivity index (χ0v) is 17.8. The fraction of sp³-hybridized carbons (Fsp3) is 0.182. The molecule has 2 amide bonds. The van der Waals surface area contributed by atoms with Crippen LogP contribution in [0.2, 0.25) is 5.02 Å². The van der Waals surface area contributed by atoms with Crippen molar-refractivity contribution < 1.29 is 18.5 Å². The van der Waals surface area contributed by atoms with Crippen LogP contribution in [0.3, 0.4) is 0 Å². The second-order valence-electron chi connectivity index (χ2n) is 7.25. The molecule has 3 aromatic heterocycles. The molecule has 8 nitrogen and oxygen atoms in total. The Kier molecular flexibility index (Phi) is 5.48. The largest absolute Gasteiger partial charge is 0.463 e. The molecule has 0 spiro atoms. The van der Waals surface area contributed by atoms with Gasteiger partial charge in [-0.15, -0.1) is 0 Å². The fourth-order valence-corrected chi connectivity index (χ4v) is 3.34. The first kappa shape index (κ1) is 20.6. The van der Waals surface area contributed by atoms with Gasteiger partial charge in [-0.05, 0) is 57.2 Å². The molecule has 2 N–H and O–H groups in total. The smallest absolute Gasteiger partial charge is 0.259 e. The summed E-state index contributed by atoms with van der Waals surface area (Å²) in [5.41, 5.74) is 2.01. The Balaban J connectivity index is 1.77. The number of nitrogens with one attached hydrogen (secondary N) is 2. The molecule has 0 fully saturated rings. The average molecular weight is 439 g/mol. The van der Waals surface area contributed by atoms with Crippen LogP contribution in [0.4, 0.5) is 5.69 Å². The van der Waals surface area contributed by atoms with E-state index in [1.165, 1.54) is 12.3 Å². The summed E-state index contributed by atoms with van der Waals surface area (Å²) in [6.07, 6.45) is 1.51. The molecule has 0 aliphatic carbocycles. The van der Waals surface area contributed by atoms with Crippen molar-refractivity contribution in [1.29, 1.82) is 0 Å². The molecule has 4 rings (SSSR count). The Labute approximate surface area is 182 Å². The fourth-order valence-electron chi connectivity index (χ4n) is 3.17. The molecule has 0 saturated heterocycles. The zero-order valence-electron chi connectivity index (χ0n) is 17.0. The maximum absolute atomic E-state index is 13.3. The van der Waals surface area contributed by atoms with Gasteiger partial charge in [0.05, 0.1) is 34.2 Å². The van der Waals surface area contributed by atoms with Gasteiger partial charge in [0, 0.05) is 11.1 Å². The second kappa shape index (κ2) is 8.23. The molecule has 158 valence electrons. The lowest BCUT2D eigenvalue weighted by atomic mass is 10.1. The number of carbonyl (C=O) groups is 2. The monoisotopic (exact) mass is 438 g/mol. The molecule has 0 atom stereocenters. The summed E-state index contributed by atoms with van der Waals surface area (Å²) in [6.45, 7) is 5.42. The predicted molar refractivity (Wildman–Crippen MR) is 116 cm³/mol. The number of carbonyl (C=O) groups excluding carboxylic acids is 2. The van der Waals surface area contributed by atoms with Gasteiger partial charge in [-0.1, -0.05) is 16.8 Å². The second-order valence-corrected chi connectivity index (χ2v) is 7.69. The van der Waals surface area contributed by atoms with Crippen molar-refractivity contribution in [3.8, 4) is 11.5 Å². The summed E-state index contributed by atoms with van der Waals surface area (Å²) in [4.78, 5) is 30.3. The SMILES string of the molecule is Cc1noc2nc(-c3ccco3)cc(C(=O)Nc3cc(Cl)ccc3C(=O)NC(C)C)c12. The number of halogens is 1. The summed E-state index contributed by atoms with van der Waals surface area (Å²) in [5, 5.41) is 10.4. The minimum absolute atomic E-state index is 0.0675. The lowest BCUT2D eigenvalue weighted by Crippen LogP contribution is -2.31. The molecule has 9 heteroatoms. The van der Waals surface area contributed by atoms with Crippen LogP contribution in [0.1, 0.15) is 40.3 Å². The van der Waals surface area contributed by atoms with Crippen LogP contribution >= 0.6 is 11.6 Å². The van der Waals surface area contributed by atoms with Crippen LogP contribution in [0, 0.1) is 6.92 Å². The highest BCUT2D eigenvalue weighted by atomic mass is 35.5. The standard InChI is InChI=1S/C22H19ClN4O4/c1-11(2)24-20(28)14-7-6-13(23)9-16(14)25-21(29)15-10-17(18-5-4-8-30-18)26-22-19(15)12(3)27-31-22/h4-11H,1-3H3,(H,24,28)(H,25,29). The van der Waals surface area contributed by atoms with E-state index in [1.54, 1.807) is 37.3 Å². The maximum Gasteiger partial charge on any atom is 0.259 e. The molecule has 0 unspecified atom stereocenters. The highest BCUT2D eigenvalue weighted by Gasteiger charge is 2.22. The zero-order chi connectivity index (χ0) is 22.1. The first-order valence-corrected chi connectivity index (χ1v) is 9.94. The molecule has 0 saturated carbocycles. The summed E-state index contributed by atoms with van der Waals surface area (Å²) < 4.78 is 10.7. The van der Waals surface area contributed by atoms with E-state index in [9.17, 15) is 9.59 Å². The summed E-state index contributed by atoms with van der Waals surface area (Å²) in [6, 6.07) is 9.66. The molecule has 4 aromatic rings. The Morgan fingerprint density at radius 3 is 2.61 bits per heavy atom. The topological polar surface area (TPSA) is 110 Å². The van der Waals surface area contributed by atoms with Gasteiger partial charge >= 0.3 is 0 Å². The Bertz CT molecular complexity index is 1280. The van der Waals surface area contributed by atoms with Gasteiger partial charge in [0.25, 0.3) is 17.5 Å². The van der Waals surface area contributed by atoms with E-state index in [-0.39, 0.29) is 28.9 Å². The third-order valence-corrected chi connectivity index (χ3v) is 4.76. The average Bonchev–Trinajstić information content (AvgIpc) is 3.37. The van der Waals surface area contributed by atoms with Crippen molar-refractivity contribution >= 4 is 40.2 Å². The number of furan rings is 1. The molecule has 0 radical (unpaired) electrons. The number of hydrogen-bond acceptors (Lipinski definition) is 6. The Morgan fingerprint density at radius 2 is 1.90 bits per heavy atom. The van der Waals surface area contributed by atoms with E-state index < -0.39 is 5.91 Å². The molecular formula is C22H19ClN4O4. The van der Waals surface area contributed by atoms with E-state index in [2.05, 4.69) is 20.8 Å². The van der Waals surface area contributed by atoms with Crippen molar-refractivity contribution in [2.75, 3.05) is 5.32 Å². The third-order valence-electron chi connectivity index (χ3n) is 4.53. The Morgan fingerprint density at radius 1 is 1.10 bits per heavy atom. The molecule has 31 heavy (non-hydrogen) atoms. The predicted octanol–water partition coefficient (Wildman–Crippen LogP) is 4.84. The van der Waals surface area contributed by atoms with E-state index in [0.717, 1.165) is 0 Å². The number of rotatable bonds is 5. The highest BCUT2D eigenvalue weighted by molar-refractivity contribution is 6.31. The van der Waals surface area contributed by atoms with Crippen molar-refractivity contribution in [2.24, 2.45) is 0 Å². The van der Waals surface area contributed by atoms with Crippen molar-refractivity contribution in [1.82, 2.24) is 15.5 Å². The van der Waals surface area contributed by atoms with Crippen molar-refractivity contribution in [3.05, 3.63) is 64.5 Å². The van der Waals surface area contributed by atoms with Gasteiger partial charge in [0.1, 0.15) is 5.69 Å². The lowest BCUT2D eigenvalue weighted by molar-refractivity contribution is 0.0944. The van der Waals surface area contributed by atoms with Gasteiger partial charge in [0.15, 0.2) is 5.76 Å². The first-order valence-electron chi connectivity index (χ1n) is 9.56. The van der Waals surface area contributed by atoms with Crippen LogP contribution in [-0.2, 0) is 0 Å². The van der Waals surface area contributed by atoms with E-state index in [1.807, 2.05) is 13.8 Å². The number of pyridine rings is 1. The minimum Gasteiger partial charge on any atom is -0.463 e. The van der Waals surface area contributed by atoms with Crippen LogP contribution in [0.5, 0.6) is 0 Å². The van der Waals surface area contributed by atoms with Crippen LogP contribution in [-0.4, -0.2) is 28.0 Å². The van der Waals surface area contributed by atoms with Gasteiger partial charge in [-0.3, -0.25) is 9.59 Å². The molecule has 0 bridgehead atoms. The van der Waals surface area contributed by atoms with Crippen LogP contribution < -0.4 is 10.6 Å². The highest BCUT2D eigenvalue weighted by Crippen LogP contribution is 2.29. The number of aromatic nitrogens is 2. The number of hydrogen-bond donors (Lipinski definition) is 2. The van der Waals surface area contributed by atoms with E-state index >= 15 is 0 Å². The van der Waals surface area contributed by atoms with Crippen LogP contribution in [0.25, 0.3) is 22.6 Å². The molecule has 0 aliphatic rings. The molecule has 0 aliphatic heterocycles. The molecule has 1 aromatic carbocycles. The molecular weight excluding hydrogens is 420 g/mol. The summed E-state index contributed by atoms with van der Waals surface area (Å²) in [5.74, 6) is -0.309. The van der Waals surface area contributed by atoms with Crippen LogP contribution in [0.15, 0.2) is 51.6 Å². The Hall–Kier alpha value is -3.65. The normalized spacial score (nSPS) is 11.1. The van der Waals surface area contributed by atoms with Crippen molar-refractivity contribution in [3.63, 3.8) is 0 Å². The lowest BCUT2D eigenvalue weighted by Gasteiger charge is -2.14. The van der Waals surface area contributed by atoms with Gasteiger partial charge < -0.3 is 19.6 Å². The quantitative estimate of drug-likeness (QED) is 0.461. The third kappa shape index (κ3) is 4.15. The van der Waals surface area contributed by atoms with Gasteiger partial charge in [-0.2, -0.15) is 0 Å². The maximum atomic E-state index is 13.3. The number of amides is 2. The van der Waals surface area contributed by atoms with Crippen molar-refractivity contribution in [2.45, 2.75) is 26.8 Å².